The largest absolute Gasteiger partial charge is 0.376 e. The molecule has 4 heteroatoms. The monoisotopic (exact) mass is 251 g/mol. The fourth-order valence-corrected chi connectivity index (χ4v) is 1.25. The average Bonchev–Trinajstić information content (AvgIpc) is 1.96. The summed E-state index contributed by atoms with van der Waals surface area (Å²) in [6.07, 6.45) is -0.353. The Hall–Kier alpha value is -0.220. The van der Waals surface area contributed by atoms with E-state index in [2.05, 4.69) is 5.32 Å². The Labute approximate surface area is 104 Å². The van der Waals surface area contributed by atoms with Crippen LogP contribution in [0, 0.1) is 0 Å². The summed E-state index contributed by atoms with van der Waals surface area (Å²) in [5.74, 6) is -2.65. The van der Waals surface area contributed by atoms with E-state index in [1.807, 2.05) is 41.5 Å². The second-order valence-corrected chi connectivity index (χ2v) is 6.49. The predicted octanol–water partition coefficient (Wildman–Crippen LogP) is 3.61. The summed E-state index contributed by atoms with van der Waals surface area (Å²) < 4.78 is 32.2. The van der Waals surface area contributed by atoms with Gasteiger partial charge in [-0.25, -0.2) is 8.78 Å². The van der Waals surface area contributed by atoms with E-state index < -0.39 is 5.92 Å². The topological polar surface area (TPSA) is 21.3 Å². The summed E-state index contributed by atoms with van der Waals surface area (Å²) in [5.41, 5.74) is -0.461. The van der Waals surface area contributed by atoms with Gasteiger partial charge in [-0.1, -0.05) is 0 Å². The smallest absolute Gasteiger partial charge is 0.251 e. The molecule has 0 rings (SSSR count). The number of rotatable bonds is 6. The summed E-state index contributed by atoms with van der Waals surface area (Å²) in [6.45, 7) is 11.9. The van der Waals surface area contributed by atoms with Crippen LogP contribution >= 0.6 is 0 Å². The van der Waals surface area contributed by atoms with Gasteiger partial charge >= 0.3 is 0 Å². The third-order valence-corrected chi connectivity index (χ3v) is 2.15. The van der Waals surface area contributed by atoms with Gasteiger partial charge in [0.05, 0.1) is 12.2 Å². The van der Waals surface area contributed by atoms with Crippen molar-refractivity contribution >= 4 is 0 Å². The average molecular weight is 251 g/mol. The number of halogens is 2. The molecule has 0 aliphatic rings. The van der Waals surface area contributed by atoms with Gasteiger partial charge in [-0.15, -0.1) is 0 Å². The van der Waals surface area contributed by atoms with Crippen LogP contribution in [0.15, 0.2) is 0 Å². The minimum absolute atomic E-state index is 0.103. The van der Waals surface area contributed by atoms with Crippen LogP contribution in [-0.4, -0.2) is 30.2 Å². The molecule has 0 saturated carbocycles. The molecule has 104 valence electrons. The Balaban J connectivity index is 3.81. The number of hydrogen-bond donors (Lipinski definition) is 1. The van der Waals surface area contributed by atoms with E-state index in [1.165, 1.54) is 0 Å². The van der Waals surface area contributed by atoms with Gasteiger partial charge in [-0.05, 0) is 41.5 Å². The highest BCUT2D eigenvalue weighted by atomic mass is 19.3. The molecule has 0 saturated heterocycles. The van der Waals surface area contributed by atoms with Crippen LogP contribution in [0.3, 0.4) is 0 Å². The Morgan fingerprint density at radius 2 is 1.47 bits per heavy atom. The number of hydrogen-bond acceptors (Lipinski definition) is 2. The van der Waals surface area contributed by atoms with Crippen LogP contribution in [0.25, 0.3) is 0 Å². The van der Waals surface area contributed by atoms with Gasteiger partial charge < -0.3 is 10.1 Å². The second-order valence-electron chi connectivity index (χ2n) is 6.49. The Kier molecular flexibility index (Phi) is 6.02. The minimum atomic E-state index is -2.65. The van der Waals surface area contributed by atoms with Gasteiger partial charge in [0.2, 0.25) is 0 Å². The van der Waals surface area contributed by atoms with Crippen molar-refractivity contribution in [2.24, 2.45) is 0 Å². The van der Waals surface area contributed by atoms with E-state index in [-0.39, 0.29) is 30.6 Å². The quantitative estimate of drug-likeness (QED) is 0.778. The van der Waals surface area contributed by atoms with Gasteiger partial charge in [0.15, 0.2) is 0 Å². The van der Waals surface area contributed by atoms with Crippen LogP contribution in [0.1, 0.15) is 54.4 Å². The zero-order valence-electron chi connectivity index (χ0n) is 12.0. The molecule has 0 aromatic rings. The molecule has 0 aliphatic heterocycles. The molecule has 0 radical (unpaired) electrons. The summed E-state index contributed by atoms with van der Waals surface area (Å²) in [4.78, 5) is 0. The molecule has 0 amide bonds. The molecule has 0 fully saturated rings. The molecule has 0 unspecified atom stereocenters. The molecule has 0 bridgehead atoms. The summed E-state index contributed by atoms with van der Waals surface area (Å²) in [6, 6.07) is 0. The normalized spacial score (nSPS) is 14.1. The van der Waals surface area contributed by atoms with Crippen LogP contribution < -0.4 is 5.32 Å². The predicted molar refractivity (Wildman–Crippen MR) is 67.6 cm³/mol. The summed E-state index contributed by atoms with van der Waals surface area (Å²) in [5, 5.41) is 3.06. The molecule has 0 aromatic carbocycles. The first-order valence-electron chi connectivity index (χ1n) is 6.18. The van der Waals surface area contributed by atoms with E-state index in [4.69, 9.17) is 4.74 Å². The zero-order chi connectivity index (χ0) is 13.7. The summed E-state index contributed by atoms with van der Waals surface area (Å²) in [7, 11) is 0. The highest BCUT2D eigenvalue weighted by Crippen LogP contribution is 2.23. The SMILES string of the molecule is CC(C)(C)NCCC(F)(F)CCOC(C)(C)C. The molecule has 2 nitrogen and oxygen atoms in total. The molecule has 0 aromatic heterocycles. The fourth-order valence-electron chi connectivity index (χ4n) is 1.25. The Morgan fingerprint density at radius 1 is 0.941 bits per heavy atom. The first-order chi connectivity index (χ1) is 7.41. The van der Waals surface area contributed by atoms with Crippen molar-refractivity contribution in [2.75, 3.05) is 13.2 Å². The molecular formula is C13H27F2NO. The Morgan fingerprint density at radius 3 is 1.88 bits per heavy atom. The maximum Gasteiger partial charge on any atom is 0.251 e. The van der Waals surface area contributed by atoms with Gasteiger partial charge in [0.1, 0.15) is 0 Å². The van der Waals surface area contributed by atoms with Crippen LogP contribution in [-0.2, 0) is 4.74 Å². The zero-order valence-corrected chi connectivity index (χ0v) is 12.0. The van der Waals surface area contributed by atoms with Crippen LogP contribution in [0.2, 0.25) is 0 Å². The second kappa shape index (κ2) is 6.10. The van der Waals surface area contributed by atoms with Gasteiger partial charge in [-0.3, -0.25) is 0 Å². The molecule has 0 spiro atoms. The lowest BCUT2D eigenvalue weighted by molar-refractivity contribution is -0.0700. The van der Waals surface area contributed by atoms with Crippen molar-refractivity contribution < 1.29 is 13.5 Å². The number of alkyl halides is 2. The lowest BCUT2D eigenvalue weighted by Gasteiger charge is -2.24. The molecule has 0 heterocycles. The van der Waals surface area contributed by atoms with Crippen molar-refractivity contribution in [1.29, 1.82) is 0 Å². The van der Waals surface area contributed by atoms with E-state index in [1.54, 1.807) is 0 Å². The third-order valence-electron chi connectivity index (χ3n) is 2.15. The van der Waals surface area contributed by atoms with E-state index in [0.29, 0.717) is 6.54 Å². The number of ether oxygens (including phenoxy) is 1. The maximum absolute atomic E-state index is 13.5. The Bertz CT molecular complexity index is 194. The number of nitrogens with one attached hydrogen (secondary N) is 1. The van der Waals surface area contributed by atoms with Gasteiger partial charge in [0.25, 0.3) is 5.92 Å². The van der Waals surface area contributed by atoms with Crippen LogP contribution in [0.4, 0.5) is 8.78 Å². The van der Waals surface area contributed by atoms with E-state index >= 15 is 0 Å². The van der Waals surface area contributed by atoms with Crippen molar-refractivity contribution in [1.82, 2.24) is 5.32 Å². The van der Waals surface area contributed by atoms with Crippen molar-refractivity contribution in [3.63, 3.8) is 0 Å². The van der Waals surface area contributed by atoms with Crippen molar-refractivity contribution in [3.8, 4) is 0 Å². The van der Waals surface area contributed by atoms with E-state index in [0.717, 1.165) is 0 Å². The molecule has 17 heavy (non-hydrogen) atoms. The van der Waals surface area contributed by atoms with Gasteiger partial charge in [-0.2, -0.15) is 0 Å². The fraction of sp³-hybridized carbons (Fsp3) is 1.00. The van der Waals surface area contributed by atoms with Crippen molar-refractivity contribution in [2.45, 2.75) is 71.4 Å². The maximum atomic E-state index is 13.5. The molecule has 0 aliphatic carbocycles. The standard InChI is InChI=1S/C13H27F2NO/c1-11(2,3)16-9-7-13(14,15)8-10-17-12(4,5)6/h16H,7-10H2,1-6H3. The first kappa shape index (κ1) is 16.8. The highest BCUT2D eigenvalue weighted by molar-refractivity contribution is 4.74. The van der Waals surface area contributed by atoms with Crippen molar-refractivity contribution in [3.05, 3.63) is 0 Å². The van der Waals surface area contributed by atoms with Crippen LogP contribution in [0.5, 0.6) is 0 Å². The molecule has 0 atom stereocenters. The molecular weight excluding hydrogens is 224 g/mol. The highest BCUT2D eigenvalue weighted by Gasteiger charge is 2.29. The lowest BCUT2D eigenvalue weighted by Crippen LogP contribution is -2.38. The lowest BCUT2D eigenvalue weighted by atomic mass is 10.1. The molecule has 1 N–H and O–H groups in total. The third kappa shape index (κ3) is 12.0. The summed E-state index contributed by atoms with van der Waals surface area (Å²) >= 11 is 0. The van der Waals surface area contributed by atoms with E-state index in [9.17, 15) is 8.78 Å². The first-order valence-corrected chi connectivity index (χ1v) is 6.18. The van der Waals surface area contributed by atoms with Gasteiger partial charge in [0, 0.05) is 24.9 Å². The minimum Gasteiger partial charge on any atom is -0.376 e.